The molecule has 2 atom stereocenters. The lowest BCUT2D eigenvalue weighted by Crippen LogP contribution is -2.55. The van der Waals surface area contributed by atoms with Gasteiger partial charge in [0.1, 0.15) is 17.4 Å². The second-order valence-corrected chi connectivity index (χ2v) is 5.22. The van der Waals surface area contributed by atoms with Gasteiger partial charge < -0.3 is 20.5 Å². The Hall–Kier alpha value is -1.59. The van der Waals surface area contributed by atoms with Crippen molar-refractivity contribution in [2.45, 2.75) is 24.5 Å². The molecule has 2 aliphatic rings. The van der Waals surface area contributed by atoms with Crippen LogP contribution in [0.1, 0.15) is 12.0 Å². The lowest BCUT2D eigenvalue weighted by Gasteiger charge is -2.21. The molecule has 0 spiro atoms. The number of benzene rings is 1. The Balaban J connectivity index is 1.53. The van der Waals surface area contributed by atoms with Crippen LogP contribution in [0.4, 0.5) is 0 Å². The Bertz CT molecular complexity index is 458. The van der Waals surface area contributed by atoms with Crippen molar-refractivity contribution in [3.8, 4) is 5.75 Å². The molecule has 0 radical (unpaired) electrons. The first-order valence-corrected chi connectivity index (χ1v) is 6.57. The molecule has 1 aromatic rings. The number of fused-ring (bicyclic) bond motifs is 1. The highest BCUT2D eigenvalue weighted by molar-refractivity contribution is 5.86. The molecule has 1 saturated heterocycles. The first kappa shape index (κ1) is 12.4. The van der Waals surface area contributed by atoms with Crippen LogP contribution < -0.4 is 15.8 Å². The fraction of sp³-hybridized carbons (Fsp3) is 0.500. The number of nitrogens with one attached hydrogen (secondary N) is 1. The van der Waals surface area contributed by atoms with Gasteiger partial charge in [0.15, 0.2) is 0 Å². The van der Waals surface area contributed by atoms with Crippen LogP contribution in [0.25, 0.3) is 0 Å². The van der Waals surface area contributed by atoms with Crippen LogP contribution in [0.3, 0.4) is 0 Å². The lowest BCUT2D eigenvalue weighted by molar-refractivity contribution is -0.126. The molecule has 5 heteroatoms. The third-order valence-electron chi connectivity index (χ3n) is 3.71. The van der Waals surface area contributed by atoms with Gasteiger partial charge in [0.05, 0.1) is 13.2 Å². The summed E-state index contributed by atoms with van der Waals surface area (Å²) in [6.07, 6.45) is 1.39. The van der Waals surface area contributed by atoms with Crippen LogP contribution in [-0.2, 0) is 16.0 Å². The number of hydrogen-bond acceptors (Lipinski definition) is 4. The molecule has 0 bridgehead atoms. The van der Waals surface area contributed by atoms with Crippen molar-refractivity contribution in [2.24, 2.45) is 5.73 Å². The number of carbonyl (C=O) groups is 1. The van der Waals surface area contributed by atoms with Crippen LogP contribution in [0, 0.1) is 0 Å². The van der Waals surface area contributed by atoms with Crippen LogP contribution in [0.15, 0.2) is 24.3 Å². The topological polar surface area (TPSA) is 73.6 Å². The quantitative estimate of drug-likeness (QED) is 0.817. The van der Waals surface area contributed by atoms with E-state index in [-0.39, 0.29) is 12.0 Å². The van der Waals surface area contributed by atoms with Crippen molar-refractivity contribution < 1.29 is 14.3 Å². The van der Waals surface area contributed by atoms with E-state index in [9.17, 15) is 4.79 Å². The number of carbonyl (C=O) groups excluding carboxylic acids is 1. The molecule has 2 aliphatic heterocycles. The summed E-state index contributed by atoms with van der Waals surface area (Å²) < 4.78 is 11.0. The summed E-state index contributed by atoms with van der Waals surface area (Å²) in [6.45, 7) is 1.33. The fourth-order valence-electron chi connectivity index (χ4n) is 2.51. The summed E-state index contributed by atoms with van der Waals surface area (Å²) >= 11 is 0. The predicted octanol–water partition coefficient (Wildman–Crippen LogP) is 0.224. The minimum Gasteiger partial charge on any atom is -0.488 e. The maximum Gasteiger partial charge on any atom is 0.242 e. The van der Waals surface area contributed by atoms with Crippen molar-refractivity contribution in [3.63, 3.8) is 0 Å². The Kier molecular flexibility index (Phi) is 3.16. The van der Waals surface area contributed by atoms with Crippen LogP contribution in [0.5, 0.6) is 5.75 Å². The van der Waals surface area contributed by atoms with E-state index in [1.807, 2.05) is 24.3 Å². The van der Waals surface area contributed by atoms with E-state index in [2.05, 4.69) is 5.32 Å². The summed E-state index contributed by atoms with van der Waals surface area (Å²) in [5.41, 5.74) is 6.31. The second kappa shape index (κ2) is 4.83. The third kappa shape index (κ3) is 2.43. The summed E-state index contributed by atoms with van der Waals surface area (Å²) in [4.78, 5) is 12.0. The van der Waals surface area contributed by atoms with E-state index in [1.54, 1.807) is 0 Å². The Morgan fingerprint density at radius 2 is 2.32 bits per heavy atom. The second-order valence-electron chi connectivity index (χ2n) is 5.22. The van der Waals surface area contributed by atoms with Gasteiger partial charge in [0.25, 0.3) is 0 Å². The van der Waals surface area contributed by atoms with Crippen molar-refractivity contribution in [2.75, 3.05) is 19.8 Å². The maximum absolute atomic E-state index is 12.0. The first-order chi connectivity index (χ1) is 9.17. The van der Waals surface area contributed by atoms with E-state index in [0.717, 1.165) is 12.2 Å². The van der Waals surface area contributed by atoms with Crippen LogP contribution in [0.2, 0.25) is 0 Å². The molecule has 1 aromatic carbocycles. The molecule has 3 N–H and O–H groups in total. The molecule has 5 nitrogen and oxygen atoms in total. The molecule has 2 unspecified atom stereocenters. The van der Waals surface area contributed by atoms with Gasteiger partial charge in [-0.15, -0.1) is 0 Å². The van der Waals surface area contributed by atoms with E-state index in [1.165, 1.54) is 5.56 Å². The Morgan fingerprint density at radius 3 is 3.05 bits per heavy atom. The normalized spacial score (nSPS) is 28.8. The molecule has 2 heterocycles. The Morgan fingerprint density at radius 1 is 1.47 bits per heavy atom. The minimum absolute atomic E-state index is 0.00716. The van der Waals surface area contributed by atoms with Crippen LogP contribution >= 0.6 is 0 Å². The standard InChI is InChI=1S/C14H18N2O3/c15-14(5-6-18-9-14)13(17)16-8-11-7-10-3-1-2-4-12(10)19-11/h1-4,11H,5-9,15H2,(H,16,17). The minimum atomic E-state index is -0.870. The van der Waals surface area contributed by atoms with Gasteiger partial charge in [-0.3, -0.25) is 4.79 Å². The van der Waals surface area contributed by atoms with Crippen LogP contribution in [-0.4, -0.2) is 37.3 Å². The molecule has 0 saturated carbocycles. The smallest absolute Gasteiger partial charge is 0.242 e. The lowest BCUT2D eigenvalue weighted by atomic mass is 9.99. The zero-order valence-electron chi connectivity index (χ0n) is 10.7. The van der Waals surface area contributed by atoms with E-state index < -0.39 is 5.54 Å². The van der Waals surface area contributed by atoms with E-state index >= 15 is 0 Å². The average molecular weight is 262 g/mol. The van der Waals surface area contributed by atoms with Crippen molar-refractivity contribution in [3.05, 3.63) is 29.8 Å². The highest BCUT2D eigenvalue weighted by Gasteiger charge is 2.38. The summed E-state index contributed by atoms with van der Waals surface area (Å²) in [5.74, 6) is 0.762. The number of amides is 1. The molecule has 1 amide bonds. The monoisotopic (exact) mass is 262 g/mol. The summed E-state index contributed by atoms with van der Waals surface area (Å²) in [7, 11) is 0. The summed E-state index contributed by atoms with van der Waals surface area (Å²) in [6, 6.07) is 7.94. The number of para-hydroxylation sites is 1. The molecule has 3 rings (SSSR count). The number of nitrogens with two attached hydrogens (primary N) is 1. The molecule has 1 fully saturated rings. The predicted molar refractivity (Wildman–Crippen MR) is 69.9 cm³/mol. The van der Waals surface area contributed by atoms with Gasteiger partial charge in [-0.1, -0.05) is 18.2 Å². The SMILES string of the molecule is NC1(C(=O)NCC2Cc3ccccc3O2)CCOC1. The van der Waals surface area contributed by atoms with Crippen molar-refractivity contribution in [1.29, 1.82) is 0 Å². The van der Waals surface area contributed by atoms with Crippen molar-refractivity contribution >= 4 is 5.91 Å². The van der Waals surface area contributed by atoms with Gasteiger partial charge >= 0.3 is 0 Å². The Labute approximate surface area is 112 Å². The fourth-order valence-corrected chi connectivity index (χ4v) is 2.51. The van der Waals surface area contributed by atoms with E-state index in [0.29, 0.717) is 26.2 Å². The average Bonchev–Trinajstić information content (AvgIpc) is 3.02. The van der Waals surface area contributed by atoms with Gasteiger partial charge in [0.2, 0.25) is 5.91 Å². The van der Waals surface area contributed by atoms with Gasteiger partial charge in [-0.2, -0.15) is 0 Å². The number of ether oxygens (including phenoxy) is 2. The molecule has 0 aliphatic carbocycles. The number of hydrogen-bond donors (Lipinski definition) is 2. The first-order valence-electron chi connectivity index (χ1n) is 6.57. The highest BCUT2D eigenvalue weighted by atomic mass is 16.5. The zero-order chi connectivity index (χ0) is 13.3. The summed E-state index contributed by atoms with van der Waals surface area (Å²) in [5, 5.41) is 2.87. The molecular weight excluding hydrogens is 244 g/mol. The van der Waals surface area contributed by atoms with Gasteiger partial charge in [-0.05, 0) is 18.1 Å². The van der Waals surface area contributed by atoms with E-state index in [4.69, 9.17) is 15.2 Å². The van der Waals surface area contributed by atoms with Gasteiger partial charge in [-0.25, -0.2) is 0 Å². The largest absolute Gasteiger partial charge is 0.488 e. The zero-order valence-corrected chi connectivity index (χ0v) is 10.7. The highest BCUT2D eigenvalue weighted by Crippen LogP contribution is 2.27. The molecule has 102 valence electrons. The third-order valence-corrected chi connectivity index (χ3v) is 3.71. The molecule has 0 aromatic heterocycles. The molecular formula is C14H18N2O3. The van der Waals surface area contributed by atoms with Crippen molar-refractivity contribution in [1.82, 2.24) is 5.32 Å². The van der Waals surface area contributed by atoms with Gasteiger partial charge in [0, 0.05) is 13.0 Å². The maximum atomic E-state index is 12.0. The number of rotatable bonds is 3. The molecule has 19 heavy (non-hydrogen) atoms.